The highest BCUT2D eigenvalue weighted by Crippen LogP contribution is 2.30. The minimum absolute atomic E-state index is 0.0752. The fraction of sp³-hybridized carbons (Fsp3) is 0.500. The normalized spacial score (nSPS) is 17.9. The van der Waals surface area contributed by atoms with Crippen LogP contribution in [0.15, 0.2) is 24.3 Å². The van der Waals surface area contributed by atoms with Crippen molar-refractivity contribution >= 4 is 5.69 Å². The number of aliphatic hydroxyl groups is 1. The average molecular weight is 225 g/mol. The summed E-state index contributed by atoms with van der Waals surface area (Å²) in [5.41, 5.74) is 0.332. The molecule has 1 aliphatic rings. The van der Waals surface area contributed by atoms with E-state index in [1.165, 1.54) is 6.07 Å². The molecule has 1 N–H and O–H groups in total. The molecule has 1 aliphatic heterocycles. The standard InChI is InChI=1S/C12H16FNO2/c1-14(6-12(7-15)8-16-9-12)11-5-3-2-4-10(11)13/h2-5,15H,6-9H2,1H3. The number of para-hydroxylation sites is 1. The van der Waals surface area contributed by atoms with Crippen molar-refractivity contribution < 1.29 is 14.2 Å². The molecule has 0 aliphatic carbocycles. The Morgan fingerprint density at radius 2 is 2.12 bits per heavy atom. The number of halogens is 1. The minimum Gasteiger partial charge on any atom is -0.396 e. The molecular weight excluding hydrogens is 209 g/mol. The summed E-state index contributed by atoms with van der Waals surface area (Å²) in [6.07, 6.45) is 0. The van der Waals surface area contributed by atoms with Crippen LogP contribution in [0.1, 0.15) is 0 Å². The van der Waals surface area contributed by atoms with Crippen LogP contribution in [0.5, 0.6) is 0 Å². The van der Waals surface area contributed by atoms with Gasteiger partial charge in [0.25, 0.3) is 0 Å². The van der Waals surface area contributed by atoms with Gasteiger partial charge in [0.05, 0.1) is 30.9 Å². The molecule has 1 aromatic carbocycles. The third-order valence-corrected chi connectivity index (χ3v) is 2.99. The molecule has 0 bridgehead atoms. The molecule has 1 fully saturated rings. The van der Waals surface area contributed by atoms with Gasteiger partial charge in [0, 0.05) is 13.6 Å². The molecule has 1 saturated heterocycles. The number of nitrogens with zero attached hydrogens (tertiary/aromatic N) is 1. The van der Waals surface area contributed by atoms with E-state index in [0.717, 1.165) is 0 Å². The molecular formula is C12H16FNO2. The van der Waals surface area contributed by atoms with E-state index in [-0.39, 0.29) is 17.8 Å². The topological polar surface area (TPSA) is 32.7 Å². The zero-order chi connectivity index (χ0) is 11.6. The Balaban J connectivity index is 2.08. The second-order valence-electron chi connectivity index (χ2n) is 4.46. The summed E-state index contributed by atoms with van der Waals surface area (Å²) in [7, 11) is 1.83. The second kappa shape index (κ2) is 4.39. The van der Waals surface area contributed by atoms with Crippen LogP contribution in [0.3, 0.4) is 0 Å². The molecule has 4 heteroatoms. The van der Waals surface area contributed by atoms with Crippen LogP contribution in [0.2, 0.25) is 0 Å². The lowest BCUT2D eigenvalue weighted by molar-refractivity contribution is -0.130. The van der Waals surface area contributed by atoms with Crippen molar-refractivity contribution in [2.24, 2.45) is 5.41 Å². The summed E-state index contributed by atoms with van der Waals surface area (Å²) in [4.78, 5) is 1.83. The van der Waals surface area contributed by atoms with E-state index in [1.54, 1.807) is 18.2 Å². The maximum Gasteiger partial charge on any atom is 0.146 e. The number of hydrogen-bond donors (Lipinski definition) is 1. The van der Waals surface area contributed by atoms with Crippen molar-refractivity contribution in [3.05, 3.63) is 30.1 Å². The van der Waals surface area contributed by atoms with E-state index in [9.17, 15) is 9.50 Å². The lowest BCUT2D eigenvalue weighted by Gasteiger charge is -2.42. The summed E-state index contributed by atoms with van der Waals surface area (Å²) < 4.78 is 18.6. The van der Waals surface area contributed by atoms with Gasteiger partial charge in [0.1, 0.15) is 5.82 Å². The van der Waals surface area contributed by atoms with Crippen LogP contribution in [-0.4, -0.2) is 38.5 Å². The van der Waals surface area contributed by atoms with Crippen molar-refractivity contribution in [3.8, 4) is 0 Å². The van der Waals surface area contributed by atoms with Gasteiger partial charge < -0.3 is 14.7 Å². The first-order valence-corrected chi connectivity index (χ1v) is 5.31. The van der Waals surface area contributed by atoms with E-state index >= 15 is 0 Å². The van der Waals surface area contributed by atoms with Gasteiger partial charge in [-0.25, -0.2) is 4.39 Å². The van der Waals surface area contributed by atoms with Crippen LogP contribution < -0.4 is 4.90 Å². The maximum atomic E-state index is 13.5. The highest BCUT2D eigenvalue weighted by molar-refractivity contribution is 5.47. The Morgan fingerprint density at radius 1 is 1.44 bits per heavy atom. The summed E-state index contributed by atoms with van der Waals surface area (Å²) in [5.74, 6) is -0.238. The third kappa shape index (κ3) is 2.03. The van der Waals surface area contributed by atoms with Gasteiger partial charge >= 0.3 is 0 Å². The van der Waals surface area contributed by atoms with Gasteiger partial charge in [-0.05, 0) is 12.1 Å². The lowest BCUT2D eigenvalue weighted by atomic mass is 9.86. The second-order valence-corrected chi connectivity index (χ2v) is 4.46. The Hall–Kier alpha value is -1.13. The number of aliphatic hydroxyl groups excluding tert-OH is 1. The molecule has 0 saturated carbocycles. The Morgan fingerprint density at radius 3 is 2.62 bits per heavy atom. The number of rotatable bonds is 4. The molecule has 1 heterocycles. The van der Waals surface area contributed by atoms with Gasteiger partial charge in [-0.3, -0.25) is 0 Å². The van der Waals surface area contributed by atoms with Crippen molar-refractivity contribution in [2.75, 3.05) is 38.3 Å². The zero-order valence-corrected chi connectivity index (χ0v) is 9.32. The summed E-state index contributed by atoms with van der Waals surface area (Å²) in [6, 6.07) is 6.65. The van der Waals surface area contributed by atoms with Crippen molar-refractivity contribution in [1.82, 2.24) is 0 Å². The molecule has 3 nitrogen and oxygen atoms in total. The number of ether oxygens (including phenoxy) is 1. The van der Waals surface area contributed by atoms with Crippen LogP contribution in [0.25, 0.3) is 0 Å². The first-order chi connectivity index (χ1) is 7.67. The first kappa shape index (κ1) is 11.4. The van der Waals surface area contributed by atoms with Gasteiger partial charge in [0.15, 0.2) is 0 Å². The Bertz CT molecular complexity index is 360. The molecule has 16 heavy (non-hydrogen) atoms. The number of hydrogen-bond acceptors (Lipinski definition) is 3. The predicted molar refractivity (Wildman–Crippen MR) is 60.0 cm³/mol. The third-order valence-electron chi connectivity index (χ3n) is 2.99. The summed E-state index contributed by atoms with van der Waals surface area (Å²) >= 11 is 0. The molecule has 0 aromatic heterocycles. The minimum atomic E-state index is -0.238. The van der Waals surface area contributed by atoms with Gasteiger partial charge in [0.2, 0.25) is 0 Å². The Labute approximate surface area is 94.4 Å². The quantitative estimate of drug-likeness (QED) is 0.837. The smallest absolute Gasteiger partial charge is 0.146 e. The molecule has 2 rings (SSSR count). The average Bonchev–Trinajstić information content (AvgIpc) is 2.24. The molecule has 0 unspecified atom stereocenters. The molecule has 0 amide bonds. The van der Waals surface area contributed by atoms with Gasteiger partial charge in [-0.1, -0.05) is 12.1 Å². The van der Waals surface area contributed by atoms with Crippen LogP contribution in [-0.2, 0) is 4.74 Å². The first-order valence-electron chi connectivity index (χ1n) is 5.31. The van der Waals surface area contributed by atoms with Crippen LogP contribution >= 0.6 is 0 Å². The molecule has 0 radical (unpaired) electrons. The Kier molecular flexibility index (Phi) is 3.12. The highest BCUT2D eigenvalue weighted by Gasteiger charge is 2.39. The zero-order valence-electron chi connectivity index (χ0n) is 9.32. The number of benzene rings is 1. The SMILES string of the molecule is CN(CC1(CO)COC1)c1ccccc1F. The van der Waals surface area contributed by atoms with E-state index in [1.807, 2.05) is 11.9 Å². The van der Waals surface area contributed by atoms with Crippen LogP contribution in [0.4, 0.5) is 10.1 Å². The molecule has 1 aromatic rings. The molecule has 0 spiro atoms. The van der Waals surface area contributed by atoms with Gasteiger partial charge in [-0.15, -0.1) is 0 Å². The van der Waals surface area contributed by atoms with E-state index in [4.69, 9.17) is 4.74 Å². The largest absolute Gasteiger partial charge is 0.396 e. The summed E-state index contributed by atoms with van der Waals surface area (Å²) in [5, 5.41) is 9.30. The van der Waals surface area contributed by atoms with Crippen LogP contribution in [0, 0.1) is 11.2 Å². The van der Waals surface area contributed by atoms with E-state index in [2.05, 4.69) is 0 Å². The molecule has 0 atom stereocenters. The highest BCUT2D eigenvalue weighted by atomic mass is 19.1. The fourth-order valence-corrected chi connectivity index (χ4v) is 1.97. The van der Waals surface area contributed by atoms with E-state index in [0.29, 0.717) is 25.4 Å². The van der Waals surface area contributed by atoms with Gasteiger partial charge in [-0.2, -0.15) is 0 Å². The van der Waals surface area contributed by atoms with E-state index < -0.39 is 0 Å². The maximum absolute atomic E-state index is 13.5. The summed E-state index contributed by atoms with van der Waals surface area (Å²) in [6.45, 7) is 1.76. The van der Waals surface area contributed by atoms with Crippen molar-refractivity contribution in [1.29, 1.82) is 0 Å². The fourth-order valence-electron chi connectivity index (χ4n) is 1.97. The van der Waals surface area contributed by atoms with Crippen molar-refractivity contribution in [2.45, 2.75) is 0 Å². The molecule has 88 valence electrons. The lowest BCUT2D eigenvalue weighted by Crippen LogP contribution is -2.52. The van der Waals surface area contributed by atoms with Crippen molar-refractivity contribution in [3.63, 3.8) is 0 Å². The predicted octanol–water partition coefficient (Wildman–Crippen LogP) is 1.27. The monoisotopic (exact) mass is 225 g/mol. The number of anilines is 1.